The number of nitrogens with one attached hydrogen (secondary N) is 3. The molecule has 3 N–H and O–H groups in total. The van der Waals surface area contributed by atoms with Crippen LogP contribution in [-0.2, 0) is 22.7 Å². The summed E-state index contributed by atoms with van der Waals surface area (Å²) in [5, 5.41) is 16.8. The lowest BCUT2D eigenvalue weighted by Gasteiger charge is -2.08. The highest BCUT2D eigenvalue weighted by molar-refractivity contribution is 7.71. The van der Waals surface area contributed by atoms with Crippen molar-refractivity contribution in [2.75, 3.05) is 17.7 Å². The van der Waals surface area contributed by atoms with Crippen LogP contribution in [0.15, 0.2) is 60.9 Å². The summed E-state index contributed by atoms with van der Waals surface area (Å²) < 4.78 is 8.81. The van der Waals surface area contributed by atoms with Crippen LogP contribution in [0.3, 0.4) is 0 Å². The quantitative estimate of drug-likeness (QED) is 0.307. The third-order valence-electron chi connectivity index (χ3n) is 5.23. The van der Waals surface area contributed by atoms with E-state index >= 15 is 0 Å². The monoisotopic (exact) mass is 491 g/mol. The fraction of sp³-hybridized carbons (Fsp3) is 0.208. The number of hydrogen-bond donors (Lipinski definition) is 3. The first-order chi connectivity index (χ1) is 16.9. The molecule has 0 radical (unpaired) electrons. The zero-order chi connectivity index (χ0) is 24.8. The third-order valence-corrected chi connectivity index (χ3v) is 5.54. The van der Waals surface area contributed by atoms with Crippen LogP contribution >= 0.6 is 12.2 Å². The Balaban J connectivity index is 1.30. The molecule has 0 spiro atoms. The molecule has 0 unspecified atom stereocenters. The average Bonchev–Trinajstić information content (AvgIpc) is 3.44. The number of anilines is 2. The second kappa shape index (κ2) is 10.8. The number of rotatable bonds is 9. The Hall–Kier alpha value is -4.25. The van der Waals surface area contributed by atoms with Gasteiger partial charge in [-0.3, -0.25) is 23.9 Å². The normalized spacial score (nSPS) is 10.7. The minimum atomic E-state index is -0.242. The number of benzene rings is 2. The van der Waals surface area contributed by atoms with Gasteiger partial charge in [-0.2, -0.15) is 10.2 Å². The van der Waals surface area contributed by atoms with Crippen LogP contribution in [0.25, 0.3) is 11.4 Å². The molecule has 0 aliphatic carbocycles. The van der Waals surface area contributed by atoms with Crippen LogP contribution in [0, 0.1) is 11.7 Å². The van der Waals surface area contributed by atoms with Gasteiger partial charge in [0.15, 0.2) is 10.6 Å². The van der Waals surface area contributed by atoms with Crippen LogP contribution < -0.4 is 15.4 Å². The first kappa shape index (κ1) is 23.9. The van der Waals surface area contributed by atoms with Crippen molar-refractivity contribution in [2.24, 2.45) is 0 Å². The minimum Gasteiger partial charge on any atom is -0.497 e. The van der Waals surface area contributed by atoms with Crippen LogP contribution in [0.1, 0.15) is 12.0 Å². The van der Waals surface area contributed by atoms with Gasteiger partial charge in [0.05, 0.1) is 19.0 Å². The van der Waals surface area contributed by atoms with Crippen molar-refractivity contribution in [3.63, 3.8) is 0 Å². The molecule has 11 heteroatoms. The standard InChI is InChI=1S/C24H25N7O3S/c1-16-3-5-17(6-4-16)23-28-29-24(35)31(23)12-11-21(32)27-19-13-25-30(14-19)15-22(33)26-18-7-9-20(34-2)10-8-18/h3-10,13-14H,11-12,15H2,1-2H3,(H,26,33)(H,27,32)(H,29,35). The number of carbonyl (C=O) groups excluding carboxylic acids is 2. The number of nitrogens with zero attached hydrogens (tertiary/aromatic N) is 4. The molecule has 180 valence electrons. The molecule has 2 aromatic heterocycles. The number of amides is 2. The molecule has 0 fully saturated rings. The molecule has 4 aromatic rings. The van der Waals surface area contributed by atoms with Crippen molar-refractivity contribution in [3.05, 3.63) is 71.3 Å². The lowest BCUT2D eigenvalue weighted by molar-refractivity contribution is -0.117. The SMILES string of the molecule is COc1ccc(NC(=O)Cn2cc(NC(=O)CCn3c(-c4ccc(C)cc4)n[nH]c3=S)cn2)cc1. The van der Waals surface area contributed by atoms with Gasteiger partial charge in [-0.25, -0.2) is 0 Å². The van der Waals surface area contributed by atoms with Gasteiger partial charge in [-0.15, -0.1) is 0 Å². The molecule has 0 bridgehead atoms. The zero-order valence-electron chi connectivity index (χ0n) is 19.3. The van der Waals surface area contributed by atoms with Gasteiger partial charge in [0.2, 0.25) is 11.8 Å². The van der Waals surface area contributed by atoms with Crippen molar-refractivity contribution in [1.29, 1.82) is 0 Å². The molecule has 2 heterocycles. The van der Waals surface area contributed by atoms with Gasteiger partial charge >= 0.3 is 0 Å². The van der Waals surface area contributed by atoms with Crippen molar-refractivity contribution in [2.45, 2.75) is 26.4 Å². The van der Waals surface area contributed by atoms with Crippen LogP contribution in [0.5, 0.6) is 5.75 Å². The number of aromatic nitrogens is 5. The highest BCUT2D eigenvalue weighted by Crippen LogP contribution is 2.19. The summed E-state index contributed by atoms with van der Waals surface area (Å²) in [5.41, 5.74) is 3.21. The van der Waals surface area contributed by atoms with Gasteiger partial charge in [-0.05, 0) is 43.4 Å². The number of ether oxygens (including phenoxy) is 1. The zero-order valence-corrected chi connectivity index (χ0v) is 20.1. The van der Waals surface area contributed by atoms with E-state index in [0.717, 1.165) is 11.1 Å². The van der Waals surface area contributed by atoms with Crippen LogP contribution in [0.4, 0.5) is 11.4 Å². The third kappa shape index (κ3) is 6.21. The second-order valence-corrected chi connectivity index (χ2v) is 8.26. The van der Waals surface area contributed by atoms with E-state index in [1.54, 1.807) is 42.1 Å². The number of aryl methyl sites for hydroxylation is 1. The maximum atomic E-state index is 12.5. The molecule has 2 aromatic carbocycles. The Kier molecular flexibility index (Phi) is 7.36. The van der Waals surface area contributed by atoms with Crippen molar-refractivity contribution in [1.82, 2.24) is 24.5 Å². The molecule has 10 nitrogen and oxygen atoms in total. The molecular formula is C24H25N7O3S. The molecule has 0 saturated heterocycles. The number of hydrogen-bond acceptors (Lipinski definition) is 6. The Labute approximate surface area is 206 Å². The average molecular weight is 492 g/mol. The second-order valence-electron chi connectivity index (χ2n) is 7.87. The highest BCUT2D eigenvalue weighted by atomic mass is 32.1. The number of methoxy groups -OCH3 is 1. The fourth-order valence-electron chi connectivity index (χ4n) is 3.42. The molecule has 0 aliphatic heterocycles. The van der Waals surface area contributed by atoms with Gasteiger partial charge in [0.1, 0.15) is 12.3 Å². The number of carbonyl (C=O) groups is 2. The molecule has 0 saturated carbocycles. The highest BCUT2D eigenvalue weighted by Gasteiger charge is 2.12. The van der Waals surface area contributed by atoms with Gasteiger partial charge < -0.3 is 15.4 Å². The molecule has 2 amide bonds. The first-order valence-electron chi connectivity index (χ1n) is 10.9. The van der Waals surface area contributed by atoms with E-state index < -0.39 is 0 Å². The topological polar surface area (TPSA) is 119 Å². The van der Waals surface area contributed by atoms with Crippen molar-refractivity contribution >= 4 is 35.4 Å². The Morgan fingerprint density at radius 3 is 2.46 bits per heavy atom. The van der Waals surface area contributed by atoms with Crippen molar-refractivity contribution in [3.8, 4) is 17.1 Å². The minimum absolute atomic E-state index is 0.00594. The van der Waals surface area contributed by atoms with E-state index in [0.29, 0.717) is 34.3 Å². The summed E-state index contributed by atoms with van der Waals surface area (Å²) in [6, 6.07) is 15.0. The largest absolute Gasteiger partial charge is 0.497 e. The van der Waals surface area contributed by atoms with E-state index in [2.05, 4.69) is 25.9 Å². The van der Waals surface area contributed by atoms with Gasteiger partial charge in [0.25, 0.3) is 0 Å². The summed E-state index contributed by atoms with van der Waals surface area (Å²) in [6.07, 6.45) is 3.29. The van der Waals surface area contributed by atoms with Gasteiger partial charge in [-0.1, -0.05) is 29.8 Å². The lowest BCUT2D eigenvalue weighted by Crippen LogP contribution is -2.19. The summed E-state index contributed by atoms with van der Waals surface area (Å²) in [6.45, 7) is 2.38. The van der Waals surface area contributed by atoms with Crippen LogP contribution in [0.2, 0.25) is 0 Å². The molecule has 4 rings (SSSR count). The van der Waals surface area contributed by atoms with E-state index in [9.17, 15) is 9.59 Å². The van der Waals surface area contributed by atoms with E-state index in [-0.39, 0.29) is 24.8 Å². The summed E-state index contributed by atoms with van der Waals surface area (Å²) in [4.78, 5) is 24.8. The maximum Gasteiger partial charge on any atom is 0.246 e. The van der Waals surface area contributed by atoms with E-state index in [1.807, 2.05) is 31.2 Å². The van der Waals surface area contributed by atoms with Crippen molar-refractivity contribution < 1.29 is 14.3 Å². The Morgan fingerprint density at radius 1 is 1.03 bits per heavy atom. The number of aromatic amines is 1. The molecule has 0 atom stereocenters. The smallest absolute Gasteiger partial charge is 0.246 e. The summed E-state index contributed by atoms with van der Waals surface area (Å²) in [5.74, 6) is 0.940. The Morgan fingerprint density at radius 2 is 1.74 bits per heavy atom. The predicted molar refractivity (Wildman–Crippen MR) is 135 cm³/mol. The van der Waals surface area contributed by atoms with E-state index in [1.165, 1.54) is 10.9 Å². The van der Waals surface area contributed by atoms with E-state index in [4.69, 9.17) is 17.0 Å². The van der Waals surface area contributed by atoms with Crippen LogP contribution in [-0.4, -0.2) is 43.5 Å². The predicted octanol–water partition coefficient (Wildman–Crippen LogP) is 3.79. The maximum absolute atomic E-state index is 12.5. The first-order valence-corrected chi connectivity index (χ1v) is 11.3. The molecular weight excluding hydrogens is 466 g/mol. The number of H-pyrrole nitrogens is 1. The fourth-order valence-corrected chi connectivity index (χ4v) is 3.64. The summed E-state index contributed by atoms with van der Waals surface area (Å²) in [7, 11) is 1.58. The molecule has 35 heavy (non-hydrogen) atoms. The Bertz CT molecular complexity index is 1370. The summed E-state index contributed by atoms with van der Waals surface area (Å²) >= 11 is 5.34. The lowest BCUT2D eigenvalue weighted by atomic mass is 10.1. The van der Waals surface area contributed by atoms with Gasteiger partial charge in [0, 0.05) is 30.4 Å². The molecule has 0 aliphatic rings.